The molecular weight excluding hydrogens is 511 g/mol. The lowest BCUT2D eigenvalue weighted by Gasteiger charge is -2.24. The topological polar surface area (TPSA) is 82.0 Å². The second-order valence-corrected chi connectivity index (χ2v) is 9.80. The number of rotatable bonds is 7. The molecule has 2 fully saturated rings. The third-order valence-electron chi connectivity index (χ3n) is 6.83. The molecule has 4 rings (SSSR count). The van der Waals surface area contributed by atoms with Crippen molar-refractivity contribution in [2.45, 2.75) is 31.5 Å². The van der Waals surface area contributed by atoms with Crippen LogP contribution in [-0.2, 0) is 11.0 Å². The highest BCUT2D eigenvalue weighted by atomic mass is 35.5. The summed E-state index contributed by atoms with van der Waals surface area (Å²) in [5, 5.41) is 14.7. The summed E-state index contributed by atoms with van der Waals surface area (Å²) < 4.78 is 39.8. The monoisotopic (exact) mass is 539 g/mol. The van der Waals surface area contributed by atoms with Crippen molar-refractivity contribution in [2.75, 3.05) is 56.0 Å². The van der Waals surface area contributed by atoms with Crippen molar-refractivity contribution < 1.29 is 22.9 Å². The molecule has 12 heteroatoms. The minimum Gasteiger partial charge on any atom is -0.380 e. The number of nitro benzene ring substituents is 1. The normalized spacial score (nSPS) is 19.1. The van der Waals surface area contributed by atoms with Crippen LogP contribution in [0, 0.1) is 10.1 Å². The molecular formula is C25H29ClF3N5O3. The van der Waals surface area contributed by atoms with Crippen LogP contribution in [0.4, 0.5) is 30.2 Å². The Hall–Kier alpha value is -3.05. The van der Waals surface area contributed by atoms with Crippen molar-refractivity contribution >= 4 is 34.6 Å². The molecule has 0 unspecified atom stereocenters. The maximum atomic E-state index is 13.3. The van der Waals surface area contributed by atoms with Gasteiger partial charge in [0.15, 0.2) is 0 Å². The fourth-order valence-corrected chi connectivity index (χ4v) is 4.99. The molecule has 2 aliphatic rings. The number of nitrogens with zero attached hydrogens (tertiary/aromatic N) is 4. The van der Waals surface area contributed by atoms with E-state index in [4.69, 9.17) is 11.6 Å². The van der Waals surface area contributed by atoms with Gasteiger partial charge in [0.25, 0.3) is 5.69 Å². The number of alkyl halides is 3. The molecule has 0 aromatic heterocycles. The van der Waals surface area contributed by atoms with Gasteiger partial charge in [0.05, 0.1) is 4.92 Å². The van der Waals surface area contributed by atoms with Gasteiger partial charge >= 0.3 is 6.18 Å². The molecule has 200 valence electrons. The summed E-state index contributed by atoms with van der Waals surface area (Å²) in [6.07, 6.45) is -2.88. The van der Waals surface area contributed by atoms with E-state index >= 15 is 0 Å². The summed E-state index contributed by atoms with van der Waals surface area (Å²) in [7, 11) is 0. The van der Waals surface area contributed by atoms with Gasteiger partial charge in [-0.3, -0.25) is 14.9 Å². The third kappa shape index (κ3) is 7.04. The summed E-state index contributed by atoms with van der Waals surface area (Å²) in [5.74, 6) is 0.0165. The number of carbonyl (C=O) groups excluding carboxylic acids is 1. The number of hydrogen-bond acceptors (Lipinski definition) is 6. The second kappa shape index (κ2) is 11.6. The summed E-state index contributed by atoms with van der Waals surface area (Å²) in [6, 6.07) is 10.5. The first-order valence-corrected chi connectivity index (χ1v) is 12.6. The SMILES string of the molecule is O=C(CCN1CCCN(c2ccc(Cl)cc2)CC1)N1CC[C@@H](Nc2ccc([N+](=O)[O-])c(C(F)(F)F)c2)C1. The Balaban J connectivity index is 1.25. The van der Waals surface area contributed by atoms with Crippen LogP contribution >= 0.6 is 11.6 Å². The molecule has 0 spiro atoms. The zero-order valence-electron chi connectivity index (χ0n) is 20.2. The molecule has 1 amide bonds. The lowest BCUT2D eigenvalue weighted by Crippen LogP contribution is -2.36. The number of nitrogens with one attached hydrogen (secondary N) is 1. The highest BCUT2D eigenvalue weighted by molar-refractivity contribution is 6.30. The molecule has 1 atom stereocenters. The van der Waals surface area contributed by atoms with Crippen LogP contribution in [0.25, 0.3) is 0 Å². The molecule has 2 aliphatic heterocycles. The first kappa shape index (κ1) is 27.0. The number of anilines is 2. The van der Waals surface area contributed by atoms with Gasteiger partial charge in [0.2, 0.25) is 5.91 Å². The minimum atomic E-state index is -4.84. The van der Waals surface area contributed by atoms with E-state index in [9.17, 15) is 28.1 Å². The smallest absolute Gasteiger partial charge is 0.380 e. The van der Waals surface area contributed by atoms with Crippen molar-refractivity contribution in [3.05, 3.63) is 63.2 Å². The number of nitro groups is 1. The van der Waals surface area contributed by atoms with E-state index in [0.717, 1.165) is 50.4 Å². The fourth-order valence-electron chi connectivity index (χ4n) is 4.87. The summed E-state index contributed by atoms with van der Waals surface area (Å²) in [4.78, 5) is 29.1. The van der Waals surface area contributed by atoms with Gasteiger partial charge in [-0.15, -0.1) is 0 Å². The highest BCUT2D eigenvalue weighted by Crippen LogP contribution is 2.37. The van der Waals surface area contributed by atoms with E-state index < -0.39 is 22.4 Å². The van der Waals surface area contributed by atoms with Gasteiger partial charge < -0.3 is 20.0 Å². The lowest BCUT2D eigenvalue weighted by molar-refractivity contribution is -0.388. The minimum absolute atomic E-state index is 0.0165. The number of amides is 1. The molecule has 2 aromatic carbocycles. The molecule has 37 heavy (non-hydrogen) atoms. The van der Waals surface area contributed by atoms with E-state index in [1.54, 1.807) is 4.90 Å². The number of benzene rings is 2. The average molecular weight is 540 g/mol. The van der Waals surface area contributed by atoms with Crippen molar-refractivity contribution in [2.24, 2.45) is 0 Å². The van der Waals surface area contributed by atoms with Crippen molar-refractivity contribution in [1.29, 1.82) is 0 Å². The van der Waals surface area contributed by atoms with Crippen LogP contribution < -0.4 is 10.2 Å². The summed E-state index contributed by atoms with van der Waals surface area (Å²) >= 11 is 5.99. The predicted octanol–water partition coefficient (Wildman–Crippen LogP) is 4.88. The van der Waals surface area contributed by atoms with Crippen LogP contribution in [0.1, 0.15) is 24.8 Å². The van der Waals surface area contributed by atoms with E-state index in [-0.39, 0.29) is 17.6 Å². The van der Waals surface area contributed by atoms with E-state index in [0.29, 0.717) is 37.5 Å². The Bertz CT molecular complexity index is 1120. The van der Waals surface area contributed by atoms with Gasteiger partial charge in [-0.1, -0.05) is 11.6 Å². The van der Waals surface area contributed by atoms with Gasteiger partial charge in [-0.05, 0) is 55.8 Å². The highest BCUT2D eigenvalue weighted by Gasteiger charge is 2.38. The van der Waals surface area contributed by atoms with Crippen LogP contribution in [0.3, 0.4) is 0 Å². The number of hydrogen-bond donors (Lipinski definition) is 1. The molecule has 1 N–H and O–H groups in total. The molecule has 0 aliphatic carbocycles. The molecule has 0 bridgehead atoms. The van der Waals surface area contributed by atoms with Crippen LogP contribution in [-0.4, -0.2) is 72.5 Å². The third-order valence-corrected chi connectivity index (χ3v) is 7.08. The Morgan fingerprint density at radius 3 is 2.54 bits per heavy atom. The van der Waals surface area contributed by atoms with Crippen molar-refractivity contribution in [3.8, 4) is 0 Å². The lowest BCUT2D eigenvalue weighted by atomic mass is 10.1. The Morgan fingerprint density at radius 1 is 1.08 bits per heavy atom. The second-order valence-electron chi connectivity index (χ2n) is 9.37. The molecule has 2 saturated heterocycles. The van der Waals surface area contributed by atoms with Crippen LogP contribution in [0.5, 0.6) is 0 Å². The van der Waals surface area contributed by atoms with Crippen LogP contribution in [0.2, 0.25) is 5.02 Å². The van der Waals surface area contributed by atoms with E-state index in [2.05, 4.69) is 15.1 Å². The summed E-state index contributed by atoms with van der Waals surface area (Å²) in [6.45, 7) is 5.09. The Kier molecular flexibility index (Phi) is 8.43. The zero-order chi connectivity index (χ0) is 26.6. The Labute approximate surface area is 218 Å². The van der Waals surface area contributed by atoms with Gasteiger partial charge in [0.1, 0.15) is 5.56 Å². The quantitative estimate of drug-likeness (QED) is 0.399. The number of halogens is 4. The molecule has 0 radical (unpaired) electrons. The van der Waals surface area contributed by atoms with Crippen LogP contribution in [0.15, 0.2) is 42.5 Å². The predicted molar refractivity (Wildman–Crippen MR) is 136 cm³/mol. The molecule has 2 heterocycles. The summed E-state index contributed by atoms with van der Waals surface area (Å²) in [5.41, 5.74) is -0.994. The first-order chi connectivity index (χ1) is 17.6. The maximum Gasteiger partial charge on any atom is 0.423 e. The van der Waals surface area contributed by atoms with E-state index in [1.807, 2.05) is 24.3 Å². The van der Waals surface area contributed by atoms with Gasteiger partial charge in [-0.25, -0.2) is 0 Å². The molecule has 0 saturated carbocycles. The zero-order valence-corrected chi connectivity index (χ0v) is 21.0. The Morgan fingerprint density at radius 2 is 1.84 bits per heavy atom. The maximum absolute atomic E-state index is 13.3. The van der Waals surface area contributed by atoms with Crippen molar-refractivity contribution in [3.63, 3.8) is 0 Å². The fraction of sp³-hybridized carbons (Fsp3) is 0.480. The molecule has 2 aromatic rings. The largest absolute Gasteiger partial charge is 0.423 e. The standard InChI is InChI=1S/C25H29ClF3N5O3/c26-18-2-5-21(6-3-18)32-11-1-10-31(14-15-32)12-9-24(35)33-13-8-20(17-33)30-19-4-7-23(34(36)37)22(16-19)25(27,28)29/h2-7,16,20,30H,1,8-15,17H2/t20-/m1/s1. The van der Waals surface area contributed by atoms with E-state index in [1.165, 1.54) is 6.07 Å². The average Bonchev–Trinajstić information content (AvgIpc) is 3.19. The first-order valence-electron chi connectivity index (χ1n) is 12.2. The van der Waals surface area contributed by atoms with Gasteiger partial charge in [0, 0.05) is 74.2 Å². The number of carbonyl (C=O) groups is 1. The number of likely N-dealkylation sites (tertiary alicyclic amines) is 1. The van der Waals surface area contributed by atoms with Crippen molar-refractivity contribution in [1.82, 2.24) is 9.80 Å². The molecule has 8 nitrogen and oxygen atoms in total. The van der Waals surface area contributed by atoms with Gasteiger partial charge in [-0.2, -0.15) is 13.2 Å².